The van der Waals surface area contributed by atoms with E-state index < -0.39 is 18.1 Å². The van der Waals surface area contributed by atoms with E-state index in [1.165, 1.54) is 0 Å². The summed E-state index contributed by atoms with van der Waals surface area (Å²) in [6, 6.07) is 16.4. The first-order valence-electron chi connectivity index (χ1n) is 7.57. The molecule has 0 aliphatic carbocycles. The van der Waals surface area contributed by atoms with E-state index >= 15 is 0 Å². The molecule has 0 saturated carbocycles. The van der Waals surface area contributed by atoms with Gasteiger partial charge in [-0.1, -0.05) is 42.5 Å². The second-order valence-electron chi connectivity index (χ2n) is 5.43. The minimum absolute atomic E-state index is 0.0864. The third-order valence-corrected chi connectivity index (χ3v) is 3.67. The summed E-state index contributed by atoms with van der Waals surface area (Å²) in [4.78, 5) is 34.5. The largest absolute Gasteiger partial charge is 0.431 e. The summed E-state index contributed by atoms with van der Waals surface area (Å²) < 4.78 is 4.88. The molecule has 0 aromatic heterocycles. The van der Waals surface area contributed by atoms with Crippen molar-refractivity contribution in [1.82, 2.24) is 5.32 Å². The number of carbonyl (C=O) groups is 3. The van der Waals surface area contributed by atoms with Gasteiger partial charge in [-0.3, -0.25) is 14.9 Å². The molecule has 1 aliphatic heterocycles. The van der Waals surface area contributed by atoms with Crippen LogP contribution < -0.4 is 10.6 Å². The number of carbonyl (C=O) groups excluding carboxylic acids is 3. The lowest BCUT2D eigenvalue weighted by molar-refractivity contribution is -0.123. The maximum absolute atomic E-state index is 12.0. The summed E-state index contributed by atoms with van der Waals surface area (Å²) in [5.74, 6) is -0.573. The molecule has 0 spiro atoms. The molecule has 2 N–H and O–H groups in total. The first-order valence-corrected chi connectivity index (χ1v) is 7.57. The van der Waals surface area contributed by atoms with Gasteiger partial charge in [0.2, 0.25) is 12.0 Å². The molecule has 1 fully saturated rings. The van der Waals surface area contributed by atoms with Gasteiger partial charge in [0.05, 0.1) is 0 Å². The molecule has 1 atom stereocenters. The van der Waals surface area contributed by atoms with Crippen LogP contribution in [0.3, 0.4) is 0 Å². The SMILES string of the molecule is O=C(CCc1ccccc1)Nc1ccc(C2OC(=O)NC2=O)cc1. The number of alkyl carbamates (subject to hydrolysis) is 1. The van der Waals surface area contributed by atoms with E-state index in [1.54, 1.807) is 24.3 Å². The van der Waals surface area contributed by atoms with Crippen LogP contribution in [0.4, 0.5) is 10.5 Å². The molecule has 122 valence electrons. The lowest BCUT2D eigenvalue weighted by Crippen LogP contribution is -2.20. The summed E-state index contributed by atoms with van der Waals surface area (Å²) in [7, 11) is 0. The van der Waals surface area contributed by atoms with Gasteiger partial charge in [0.15, 0.2) is 0 Å². The van der Waals surface area contributed by atoms with Crippen molar-refractivity contribution in [3.8, 4) is 0 Å². The highest BCUT2D eigenvalue weighted by atomic mass is 16.6. The van der Waals surface area contributed by atoms with Crippen LogP contribution in [0.25, 0.3) is 0 Å². The number of aryl methyl sites for hydroxylation is 1. The first kappa shape index (κ1) is 15.7. The molecule has 0 bridgehead atoms. The van der Waals surface area contributed by atoms with E-state index in [0.717, 1.165) is 5.56 Å². The Morgan fingerprint density at radius 1 is 1.04 bits per heavy atom. The predicted octanol–water partition coefficient (Wildman–Crippen LogP) is 2.57. The molecular formula is C18H16N2O4. The number of imide groups is 1. The average Bonchev–Trinajstić information content (AvgIpc) is 2.93. The van der Waals surface area contributed by atoms with Crippen molar-refractivity contribution in [3.63, 3.8) is 0 Å². The van der Waals surface area contributed by atoms with Crippen LogP contribution in [0.1, 0.15) is 23.7 Å². The number of ether oxygens (including phenoxy) is 1. The molecule has 0 radical (unpaired) electrons. The lowest BCUT2D eigenvalue weighted by atomic mass is 10.1. The van der Waals surface area contributed by atoms with E-state index in [2.05, 4.69) is 10.6 Å². The van der Waals surface area contributed by atoms with Gasteiger partial charge in [-0.05, 0) is 24.1 Å². The molecular weight excluding hydrogens is 308 g/mol. The zero-order valence-electron chi connectivity index (χ0n) is 12.8. The van der Waals surface area contributed by atoms with Crippen LogP contribution in [-0.2, 0) is 20.7 Å². The van der Waals surface area contributed by atoms with Gasteiger partial charge in [0.25, 0.3) is 5.91 Å². The second kappa shape index (κ2) is 6.95. The predicted molar refractivity (Wildman–Crippen MR) is 87.2 cm³/mol. The fourth-order valence-electron chi connectivity index (χ4n) is 2.44. The van der Waals surface area contributed by atoms with Crippen LogP contribution in [0.5, 0.6) is 0 Å². The van der Waals surface area contributed by atoms with Gasteiger partial charge in [-0.25, -0.2) is 4.79 Å². The second-order valence-corrected chi connectivity index (χ2v) is 5.43. The van der Waals surface area contributed by atoms with E-state index in [9.17, 15) is 14.4 Å². The number of cyclic esters (lactones) is 1. The molecule has 2 aromatic carbocycles. The highest BCUT2D eigenvalue weighted by Crippen LogP contribution is 2.23. The number of hydrogen-bond acceptors (Lipinski definition) is 4. The topological polar surface area (TPSA) is 84.5 Å². The van der Waals surface area contributed by atoms with E-state index in [0.29, 0.717) is 24.1 Å². The normalized spacial score (nSPS) is 16.4. The minimum atomic E-state index is -0.930. The zero-order chi connectivity index (χ0) is 16.9. The standard InChI is InChI=1S/C18H16N2O4/c21-15(11-6-12-4-2-1-3-5-12)19-14-9-7-13(8-10-14)16-17(22)20-18(23)24-16/h1-5,7-10,16H,6,11H2,(H,19,21)(H,20,22,23). The van der Waals surface area contributed by atoms with E-state index in [-0.39, 0.29) is 5.91 Å². The molecule has 6 nitrogen and oxygen atoms in total. The number of rotatable bonds is 5. The van der Waals surface area contributed by atoms with Crippen LogP contribution in [0.15, 0.2) is 54.6 Å². The Bertz CT molecular complexity index is 756. The quantitative estimate of drug-likeness (QED) is 0.885. The summed E-state index contributed by atoms with van der Waals surface area (Å²) in [6.07, 6.45) is -0.624. The number of anilines is 1. The molecule has 3 rings (SSSR count). The summed E-state index contributed by atoms with van der Waals surface area (Å²) in [6.45, 7) is 0. The molecule has 2 aromatic rings. The smallest absolute Gasteiger partial charge is 0.415 e. The third-order valence-electron chi connectivity index (χ3n) is 3.67. The molecule has 1 unspecified atom stereocenters. The minimum Gasteiger partial charge on any atom is -0.431 e. The monoisotopic (exact) mass is 324 g/mol. The molecule has 1 heterocycles. The van der Waals surface area contributed by atoms with Crippen molar-refractivity contribution >= 4 is 23.6 Å². The Balaban J connectivity index is 1.55. The van der Waals surface area contributed by atoms with Gasteiger partial charge in [0.1, 0.15) is 0 Å². The maximum Gasteiger partial charge on any atom is 0.415 e. The Labute approximate surface area is 138 Å². The number of hydrogen-bond donors (Lipinski definition) is 2. The van der Waals surface area contributed by atoms with Crippen molar-refractivity contribution in [3.05, 3.63) is 65.7 Å². The van der Waals surface area contributed by atoms with Gasteiger partial charge >= 0.3 is 6.09 Å². The first-order chi connectivity index (χ1) is 11.6. The highest BCUT2D eigenvalue weighted by Gasteiger charge is 2.33. The van der Waals surface area contributed by atoms with Gasteiger partial charge in [-0.2, -0.15) is 0 Å². The zero-order valence-corrected chi connectivity index (χ0v) is 12.8. The summed E-state index contributed by atoms with van der Waals surface area (Å²) in [5, 5.41) is 4.88. The fourth-order valence-corrected chi connectivity index (χ4v) is 2.44. The highest BCUT2D eigenvalue weighted by molar-refractivity contribution is 6.00. The molecule has 3 amide bonds. The van der Waals surface area contributed by atoms with Crippen molar-refractivity contribution in [2.75, 3.05) is 5.32 Å². The van der Waals surface area contributed by atoms with E-state index in [4.69, 9.17) is 4.74 Å². The number of benzene rings is 2. The molecule has 1 saturated heterocycles. The molecule has 6 heteroatoms. The van der Waals surface area contributed by atoms with Crippen LogP contribution in [0, 0.1) is 0 Å². The van der Waals surface area contributed by atoms with Crippen LogP contribution in [-0.4, -0.2) is 17.9 Å². The average molecular weight is 324 g/mol. The number of amides is 3. The van der Waals surface area contributed by atoms with Crippen LogP contribution in [0.2, 0.25) is 0 Å². The van der Waals surface area contributed by atoms with Gasteiger partial charge in [-0.15, -0.1) is 0 Å². The summed E-state index contributed by atoms with van der Waals surface area (Å²) >= 11 is 0. The van der Waals surface area contributed by atoms with Crippen molar-refractivity contribution < 1.29 is 19.1 Å². The summed E-state index contributed by atoms with van der Waals surface area (Å²) in [5.41, 5.74) is 2.29. The Morgan fingerprint density at radius 3 is 2.38 bits per heavy atom. The molecule has 1 aliphatic rings. The fraction of sp³-hybridized carbons (Fsp3) is 0.167. The van der Waals surface area contributed by atoms with Crippen molar-refractivity contribution in [1.29, 1.82) is 0 Å². The Kier molecular flexibility index (Phi) is 4.56. The Hall–Kier alpha value is -3.15. The number of nitrogens with one attached hydrogen (secondary N) is 2. The van der Waals surface area contributed by atoms with Crippen LogP contribution >= 0.6 is 0 Å². The van der Waals surface area contributed by atoms with Crippen molar-refractivity contribution in [2.45, 2.75) is 18.9 Å². The van der Waals surface area contributed by atoms with Gasteiger partial charge < -0.3 is 10.1 Å². The third kappa shape index (κ3) is 3.78. The Morgan fingerprint density at radius 2 is 1.75 bits per heavy atom. The lowest BCUT2D eigenvalue weighted by Gasteiger charge is -2.09. The van der Waals surface area contributed by atoms with Crippen molar-refractivity contribution in [2.24, 2.45) is 0 Å². The maximum atomic E-state index is 12.0. The molecule has 24 heavy (non-hydrogen) atoms. The van der Waals surface area contributed by atoms with Gasteiger partial charge in [0, 0.05) is 17.7 Å². The van der Waals surface area contributed by atoms with E-state index in [1.807, 2.05) is 30.3 Å².